The first kappa shape index (κ1) is 23.7. The third kappa shape index (κ3) is 5.37. The molecule has 0 N–H and O–H groups in total. The van der Waals surface area contributed by atoms with Crippen molar-refractivity contribution in [2.45, 2.75) is 40.2 Å². The van der Waals surface area contributed by atoms with Crippen LogP contribution in [0.4, 0.5) is 5.13 Å². The van der Waals surface area contributed by atoms with Gasteiger partial charge in [-0.2, -0.15) is 5.10 Å². The number of aromatic nitrogens is 3. The van der Waals surface area contributed by atoms with Gasteiger partial charge in [-0.25, -0.2) is 4.98 Å². The monoisotopic (exact) mass is 471 g/mol. The Balaban J connectivity index is 1.64. The first-order chi connectivity index (χ1) is 16.0. The van der Waals surface area contributed by atoms with Crippen molar-refractivity contribution in [1.29, 1.82) is 0 Å². The molecule has 1 aromatic carbocycles. The molecule has 1 fully saturated rings. The summed E-state index contributed by atoms with van der Waals surface area (Å²) < 4.78 is 14.1. The van der Waals surface area contributed by atoms with Gasteiger partial charge in [0.2, 0.25) is 0 Å². The highest BCUT2D eigenvalue weighted by molar-refractivity contribution is 7.22. The molecule has 2 aromatic heterocycles. The topological polar surface area (TPSA) is 72.7 Å². The van der Waals surface area contributed by atoms with E-state index in [9.17, 15) is 4.79 Å². The Morgan fingerprint density at radius 1 is 1.30 bits per heavy atom. The zero-order valence-corrected chi connectivity index (χ0v) is 20.7. The summed E-state index contributed by atoms with van der Waals surface area (Å²) in [6, 6.07) is 7.88. The number of benzene rings is 1. The van der Waals surface area contributed by atoms with E-state index in [1.165, 1.54) is 11.3 Å². The van der Waals surface area contributed by atoms with Crippen molar-refractivity contribution in [3.63, 3.8) is 0 Å². The molecule has 0 atom stereocenters. The number of aryl methyl sites for hydroxylation is 1. The zero-order chi connectivity index (χ0) is 23.4. The Hall–Kier alpha value is -2.49. The summed E-state index contributed by atoms with van der Waals surface area (Å²) in [7, 11) is 0. The molecule has 1 aliphatic rings. The van der Waals surface area contributed by atoms with Crippen LogP contribution in [0.3, 0.4) is 0 Å². The van der Waals surface area contributed by atoms with E-state index in [1.54, 1.807) is 0 Å². The fraction of sp³-hybridized carbons (Fsp3) is 0.542. The molecule has 0 bridgehead atoms. The van der Waals surface area contributed by atoms with Gasteiger partial charge in [-0.15, -0.1) is 0 Å². The largest absolute Gasteiger partial charge is 0.492 e. The van der Waals surface area contributed by atoms with Crippen LogP contribution in [0.25, 0.3) is 10.2 Å². The van der Waals surface area contributed by atoms with Gasteiger partial charge in [0.15, 0.2) is 5.13 Å². The molecule has 33 heavy (non-hydrogen) atoms. The Morgan fingerprint density at radius 2 is 2.09 bits per heavy atom. The number of thiazole rings is 1. The molecule has 0 radical (unpaired) electrons. The molecule has 3 aromatic rings. The first-order valence-corrected chi connectivity index (χ1v) is 12.5. The van der Waals surface area contributed by atoms with E-state index < -0.39 is 0 Å². The first-order valence-electron chi connectivity index (χ1n) is 11.7. The van der Waals surface area contributed by atoms with Gasteiger partial charge in [0.05, 0.1) is 30.2 Å². The Bertz CT molecular complexity index is 1090. The van der Waals surface area contributed by atoms with Crippen LogP contribution in [0.1, 0.15) is 49.4 Å². The molecule has 9 heteroatoms. The summed E-state index contributed by atoms with van der Waals surface area (Å²) >= 11 is 1.53. The lowest BCUT2D eigenvalue weighted by Crippen LogP contribution is -2.39. The normalized spacial score (nSPS) is 14.8. The second-order valence-electron chi connectivity index (χ2n) is 8.51. The molecular formula is C24H33N5O3S. The number of anilines is 1. The van der Waals surface area contributed by atoms with Gasteiger partial charge in [-0.3, -0.25) is 19.3 Å². The predicted octanol–water partition coefficient (Wildman–Crippen LogP) is 4.15. The molecular weight excluding hydrogens is 438 g/mol. The lowest BCUT2D eigenvalue weighted by molar-refractivity contribution is 0.0376. The molecule has 0 spiro atoms. The number of carbonyl (C=O) groups excluding carboxylic acids is 1. The second-order valence-corrected chi connectivity index (χ2v) is 9.52. The highest BCUT2D eigenvalue weighted by Crippen LogP contribution is 2.35. The van der Waals surface area contributed by atoms with Gasteiger partial charge in [0.25, 0.3) is 5.91 Å². The SMILES string of the molecule is CCOc1cccc2sc(N(CCCN3CCOCC3)C(=O)c3cc(C)nn3C(C)C)nc12. The fourth-order valence-corrected chi connectivity index (χ4v) is 5.08. The smallest absolute Gasteiger partial charge is 0.278 e. The quantitative estimate of drug-likeness (QED) is 0.467. The number of amides is 1. The van der Waals surface area contributed by atoms with Crippen LogP contribution in [0.15, 0.2) is 24.3 Å². The number of hydrogen-bond acceptors (Lipinski definition) is 7. The minimum Gasteiger partial charge on any atom is -0.492 e. The van der Waals surface area contributed by atoms with Gasteiger partial charge >= 0.3 is 0 Å². The van der Waals surface area contributed by atoms with Crippen LogP contribution < -0.4 is 9.64 Å². The molecule has 0 unspecified atom stereocenters. The average Bonchev–Trinajstić information content (AvgIpc) is 3.41. The highest BCUT2D eigenvalue weighted by atomic mass is 32.1. The Labute approximate surface area is 199 Å². The molecule has 4 rings (SSSR count). The van der Waals surface area contributed by atoms with Crippen LogP contribution in [0, 0.1) is 6.92 Å². The number of hydrogen-bond donors (Lipinski definition) is 0. The maximum Gasteiger partial charge on any atom is 0.278 e. The maximum absolute atomic E-state index is 13.8. The molecule has 1 amide bonds. The van der Waals surface area contributed by atoms with Crippen LogP contribution in [0.2, 0.25) is 0 Å². The minimum absolute atomic E-state index is 0.0664. The number of fused-ring (bicyclic) bond motifs is 1. The van der Waals surface area contributed by atoms with Crippen molar-refractivity contribution in [2.75, 3.05) is 50.9 Å². The van der Waals surface area contributed by atoms with Crippen molar-refractivity contribution < 1.29 is 14.3 Å². The van der Waals surface area contributed by atoms with Crippen LogP contribution in [-0.2, 0) is 4.74 Å². The van der Waals surface area contributed by atoms with E-state index in [0.717, 1.165) is 60.9 Å². The third-order valence-electron chi connectivity index (χ3n) is 5.67. The molecule has 0 saturated carbocycles. The van der Waals surface area contributed by atoms with Gasteiger partial charge < -0.3 is 9.47 Å². The number of nitrogens with zero attached hydrogens (tertiary/aromatic N) is 5. The van der Waals surface area contributed by atoms with Crippen molar-refractivity contribution in [3.8, 4) is 5.75 Å². The van der Waals surface area contributed by atoms with Gasteiger partial charge in [-0.1, -0.05) is 17.4 Å². The van der Waals surface area contributed by atoms with E-state index >= 15 is 0 Å². The molecule has 1 saturated heterocycles. The lowest BCUT2D eigenvalue weighted by Gasteiger charge is -2.28. The molecule has 8 nitrogen and oxygen atoms in total. The maximum atomic E-state index is 13.8. The standard InChI is InChI=1S/C24H33N5O3S/c1-5-32-20-8-6-9-21-22(20)25-24(33-21)28(11-7-10-27-12-14-31-15-13-27)23(30)19-16-18(4)26-29(19)17(2)3/h6,8-9,16-17H,5,7,10-15H2,1-4H3. The number of carbonyl (C=O) groups is 1. The number of morpholine rings is 1. The number of ether oxygens (including phenoxy) is 2. The second kappa shape index (κ2) is 10.6. The van der Waals surface area contributed by atoms with Gasteiger partial charge in [0.1, 0.15) is 17.0 Å². The summed E-state index contributed by atoms with van der Waals surface area (Å²) in [5.74, 6) is 0.685. The minimum atomic E-state index is -0.0664. The van der Waals surface area contributed by atoms with E-state index in [2.05, 4.69) is 10.00 Å². The Morgan fingerprint density at radius 3 is 2.82 bits per heavy atom. The molecule has 1 aliphatic heterocycles. The van der Waals surface area contributed by atoms with E-state index in [4.69, 9.17) is 14.5 Å². The Kier molecular flexibility index (Phi) is 7.62. The number of rotatable bonds is 9. The van der Waals surface area contributed by atoms with Gasteiger partial charge in [0, 0.05) is 32.2 Å². The van der Waals surface area contributed by atoms with Crippen LogP contribution in [-0.4, -0.2) is 71.6 Å². The van der Waals surface area contributed by atoms with Crippen molar-refractivity contribution in [2.24, 2.45) is 0 Å². The zero-order valence-electron chi connectivity index (χ0n) is 19.9. The van der Waals surface area contributed by atoms with Crippen LogP contribution in [0.5, 0.6) is 5.75 Å². The summed E-state index contributed by atoms with van der Waals surface area (Å²) in [4.78, 5) is 22.9. The third-order valence-corrected chi connectivity index (χ3v) is 6.72. The van der Waals surface area contributed by atoms with E-state index in [1.807, 2.05) is 61.5 Å². The summed E-state index contributed by atoms with van der Waals surface area (Å²) in [6.45, 7) is 13.5. The molecule has 178 valence electrons. The summed E-state index contributed by atoms with van der Waals surface area (Å²) in [5, 5.41) is 5.25. The average molecular weight is 472 g/mol. The lowest BCUT2D eigenvalue weighted by atomic mass is 10.2. The van der Waals surface area contributed by atoms with Crippen molar-refractivity contribution in [1.82, 2.24) is 19.7 Å². The fourth-order valence-electron chi connectivity index (χ4n) is 4.07. The molecule has 0 aliphatic carbocycles. The predicted molar refractivity (Wildman–Crippen MR) is 132 cm³/mol. The van der Waals surface area contributed by atoms with Gasteiger partial charge in [-0.05, 0) is 52.3 Å². The molecule has 3 heterocycles. The number of para-hydroxylation sites is 1. The highest BCUT2D eigenvalue weighted by Gasteiger charge is 2.26. The summed E-state index contributed by atoms with van der Waals surface area (Å²) in [6.07, 6.45) is 0.856. The van der Waals surface area contributed by atoms with Crippen molar-refractivity contribution in [3.05, 3.63) is 35.7 Å². The van der Waals surface area contributed by atoms with E-state index in [-0.39, 0.29) is 11.9 Å². The van der Waals surface area contributed by atoms with Crippen LogP contribution >= 0.6 is 11.3 Å². The van der Waals surface area contributed by atoms with E-state index in [0.29, 0.717) is 24.0 Å². The van der Waals surface area contributed by atoms with Crippen molar-refractivity contribution >= 4 is 32.6 Å². The summed E-state index contributed by atoms with van der Waals surface area (Å²) in [5.41, 5.74) is 2.24.